The molecule has 0 spiro atoms. The molecule has 0 aromatic heterocycles. The zero-order valence-electron chi connectivity index (χ0n) is 12.5. The van der Waals surface area contributed by atoms with Gasteiger partial charge in [0.1, 0.15) is 0 Å². The first-order valence-electron chi connectivity index (χ1n) is 7.49. The van der Waals surface area contributed by atoms with Crippen molar-refractivity contribution in [3.8, 4) is 0 Å². The predicted octanol–water partition coefficient (Wildman–Crippen LogP) is 2.86. The van der Waals surface area contributed by atoms with Crippen molar-refractivity contribution in [3.63, 3.8) is 0 Å². The van der Waals surface area contributed by atoms with Crippen molar-refractivity contribution in [3.05, 3.63) is 0 Å². The van der Waals surface area contributed by atoms with E-state index in [4.69, 9.17) is 12.7 Å². The number of unbranched alkanes of at least 4 members (excludes halogenated alkanes) is 1. The van der Waals surface area contributed by atoms with E-state index in [0.29, 0.717) is 0 Å². The van der Waals surface area contributed by atoms with Gasteiger partial charge in [-0.2, -0.15) is 0 Å². The third-order valence-corrected chi connectivity index (χ3v) is 4.19. The van der Waals surface area contributed by atoms with Crippen LogP contribution in [-0.2, 0) is 4.84 Å². The summed E-state index contributed by atoms with van der Waals surface area (Å²) < 4.78 is 0. The fourth-order valence-electron chi connectivity index (χ4n) is 2.78. The second-order valence-electron chi connectivity index (χ2n) is 5.75. The Bertz CT molecular complexity index is 228. The molecule has 4 unspecified atom stereocenters. The van der Waals surface area contributed by atoms with Crippen LogP contribution in [0.25, 0.3) is 0 Å². The molecule has 0 bridgehead atoms. The Morgan fingerprint density at radius 1 is 1.28 bits per heavy atom. The van der Waals surface area contributed by atoms with E-state index in [1.165, 1.54) is 32.1 Å². The molecule has 1 heterocycles. The minimum absolute atomic E-state index is 0.0252. The van der Waals surface area contributed by atoms with Gasteiger partial charge in [0.15, 0.2) is 0 Å². The quantitative estimate of drug-likeness (QED) is 0.672. The van der Waals surface area contributed by atoms with Crippen molar-refractivity contribution in [1.82, 2.24) is 10.6 Å². The molecule has 0 aromatic carbocycles. The smallest absolute Gasteiger partial charge is 0.0968 e. The fraction of sp³-hybridized carbons (Fsp3) is 1.00. The molecule has 1 fully saturated rings. The van der Waals surface area contributed by atoms with Crippen molar-refractivity contribution in [2.75, 3.05) is 7.05 Å². The number of nitrogens with one attached hydrogen (secondary N) is 1. The van der Waals surface area contributed by atoms with Crippen LogP contribution in [0.5, 0.6) is 0 Å². The van der Waals surface area contributed by atoms with Gasteiger partial charge in [0.2, 0.25) is 0 Å². The van der Waals surface area contributed by atoms with Crippen molar-refractivity contribution >= 4 is 7.85 Å². The summed E-state index contributed by atoms with van der Waals surface area (Å²) in [7, 11) is 8.04. The maximum absolute atomic E-state index is 6.11. The molecular formula is C14H29BN2O. The first-order chi connectivity index (χ1) is 8.60. The second kappa shape index (κ2) is 8.18. The van der Waals surface area contributed by atoms with Gasteiger partial charge in [-0.1, -0.05) is 52.9 Å². The monoisotopic (exact) mass is 252 g/mol. The highest BCUT2D eigenvalue weighted by Gasteiger charge is 2.32. The maximum Gasteiger partial charge on any atom is 0.0968 e. The van der Waals surface area contributed by atoms with Gasteiger partial charge in [0.05, 0.1) is 14.0 Å². The van der Waals surface area contributed by atoms with E-state index < -0.39 is 0 Å². The summed E-state index contributed by atoms with van der Waals surface area (Å²) in [5, 5.41) is 1.85. The summed E-state index contributed by atoms with van der Waals surface area (Å²) in [5.74, 6) is 1.47. The van der Waals surface area contributed by atoms with E-state index in [1.807, 2.05) is 12.1 Å². The number of hydrazine groups is 1. The van der Waals surface area contributed by atoms with Crippen molar-refractivity contribution in [2.24, 2.45) is 11.8 Å². The fourth-order valence-corrected chi connectivity index (χ4v) is 2.78. The number of rotatable bonds is 8. The Balaban J connectivity index is 2.46. The van der Waals surface area contributed by atoms with Gasteiger partial charge in [-0.3, -0.25) is 4.84 Å². The van der Waals surface area contributed by atoms with Crippen LogP contribution >= 0.6 is 0 Å². The van der Waals surface area contributed by atoms with Crippen molar-refractivity contribution < 1.29 is 4.84 Å². The molecule has 4 heteroatoms. The third kappa shape index (κ3) is 4.56. The van der Waals surface area contributed by atoms with Gasteiger partial charge in [-0.25, -0.2) is 5.01 Å². The molecule has 104 valence electrons. The zero-order valence-corrected chi connectivity index (χ0v) is 12.5. The second-order valence-corrected chi connectivity index (χ2v) is 5.75. The minimum atomic E-state index is -0.0252. The first-order valence-corrected chi connectivity index (χ1v) is 7.49. The molecule has 0 aromatic rings. The Labute approximate surface area is 114 Å². The summed E-state index contributed by atoms with van der Waals surface area (Å²) in [6.45, 7) is 6.91. The Hall–Kier alpha value is -0.0551. The van der Waals surface area contributed by atoms with Crippen LogP contribution in [0.3, 0.4) is 0 Å². The summed E-state index contributed by atoms with van der Waals surface area (Å²) in [6.07, 6.45) is 7.65. The van der Waals surface area contributed by atoms with Crippen molar-refractivity contribution in [1.29, 1.82) is 0 Å². The molecule has 1 aliphatic rings. The summed E-state index contributed by atoms with van der Waals surface area (Å²) in [5.41, 5.74) is 2.86. The predicted molar refractivity (Wildman–Crippen MR) is 77.0 cm³/mol. The molecule has 1 rings (SSSR count). The molecule has 4 atom stereocenters. The Kier molecular flexibility index (Phi) is 7.27. The average Bonchev–Trinajstić information content (AvgIpc) is 2.67. The first kappa shape index (κ1) is 16.0. The highest BCUT2D eigenvalue weighted by molar-refractivity contribution is 6.12. The molecule has 2 radical (unpaired) electrons. The largest absolute Gasteiger partial charge is 0.283 e. The number of likely N-dealkylation sites (N-methyl/N-ethyl adjacent to an activating group) is 1. The molecule has 0 saturated carbocycles. The number of hydrogen-bond donors (Lipinski definition) is 1. The summed E-state index contributed by atoms with van der Waals surface area (Å²) in [6, 6.07) is 0. The van der Waals surface area contributed by atoms with E-state index in [9.17, 15) is 0 Å². The van der Waals surface area contributed by atoms with Gasteiger partial charge in [0, 0.05) is 13.0 Å². The van der Waals surface area contributed by atoms with E-state index in [1.54, 1.807) is 0 Å². The average molecular weight is 252 g/mol. The van der Waals surface area contributed by atoms with Gasteiger partial charge in [-0.05, 0) is 18.3 Å². The molecule has 18 heavy (non-hydrogen) atoms. The number of hydrogen-bond acceptors (Lipinski definition) is 3. The topological polar surface area (TPSA) is 24.5 Å². The van der Waals surface area contributed by atoms with E-state index in [-0.39, 0.29) is 12.0 Å². The third-order valence-electron chi connectivity index (χ3n) is 4.19. The molecule has 1 aliphatic heterocycles. The van der Waals surface area contributed by atoms with Crippen LogP contribution < -0.4 is 5.59 Å². The Morgan fingerprint density at radius 3 is 2.50 bits per heavy atom. The molecule has 3 nitrogen and oxygen atoms in total. The van der Waals surface area contributed by atoms with Gasteiger partial charge >= 0.3 is 0 Å². The lowest BCUT2D eigenvalue weighted by molar-refractivity contribution is -0.0234. The molecule has 0 aliphatic carbocycles. The van der Waals surface area contributed by atoms with Crippen LogP contribution in [0.2, 0.25) is 0 Å². The lowest BCUT2D eigenvalue weighted by atomic mass is 9.78. The lowest BCUT2D eigenvalue weighted by Crippen LogP contribution is -2.37. The van der Waals surface area contributed by atoms with E-state index in [2.05, 4.69) is 26.4 Å². The highest BCUT2D eigenvalue weighted by Crippen LogP contribution is 2.29. The maximum atomic E-state index is 6.11. The normalized spacial score (nSPS) is 28.4. The highest BCUT2D eigenvalue weighted by atomic mass is 16.7. The van der Waals surface area contributed by atoms with Crippen molar-refractivity contribution in [2.45, 2.75) is 71.3 Å². The van der Waals surface area contributed by atoms with Crippen LogP contribution in [0, 0.1) is 11.8 Å². The summed E-state index contributed by atoms with van der Waals surface area (Å²) in [4.78, 5) is 5.56. The van der Waals surface area contributed by atoms with Gasteiger partial charge in [0.25, 0.3) is 0 Å². The van der Waals surface area contributed by atoms with E-state index in [0.717, 1.165) is 18.3 Å². The SMILES string of the molecule is [B]C1C(CC(CCC)C(C)CCCC)ONN1C. The van der Waals surface area contributed by atoms with Crippen LogP contribution in [0.1, 0.15) is 59.3 Å². The zero-order chi connectivity index (χ0) is 13.5. The lowest BCUT2D eigenvalue weighted by Gasteiger charge is -2.27. The molecular weight excluding hydrogens is 223 g/mol. The van der Waals surface area contributed by atoms with Crippen LogP contribution in [0.15, 0.2) is 0 Å². The van der Waals surface area contributed by atoms with E-state index >= 15 is 0 Å². The minimum Gasteiger partial charge on any atom is -0.283 e. The van der Waals surface area contributed by atoms with Crippen LogP contribution in [-0.4, -0.2) is 31.9 Å². The summed E-state index contributed by atoms with van der Waals surface area (Å²) >= 11 is 0. The molecule has 1 saturated heterocycles. The molecule has 0 amide bonds. The molecule has 1 N–H and O–H groups in total. The van der Waals surface area contributed by atoms with Gasteiger partial charge < -0.3 is 0 Å². The van der Waals surface area contributed by atoms with Crippen LogP contribution in [0.4, 0.5) is 0 Å². The number of nitrogens with zero attached hydrogens (tertiary/aromatic N) is 1. The standard InChI is InChI=1S/C14H29BN2O/c1-5-7-9-11(3)12(8-6-2)10-13-14(15)17(4)16-18-13/h11-14,16H,5-10H2,1-4H3. The van der Waals surface area contributed by atoms with Gasteiger partial charge in [-0.15, -0.1) is 5.59 Å². The Morgan fingerprint density at radius 2 is 2.00 bits per heavy atom.